The highest BCUT2D eigenvalue weighted by molar-refractivity contribution is 5.89. The standard InChI is InChI=1S/C14H23N2O3/c1-13(2,3)11(9-6-15-8-16-9)14(4,5)12(19)10(18)7-17/h6-8,11-12,17,19H,1-5H3,(H,15,16). The highest BCUT2D eigenvalue weighted by atomic mass is 16.3. The van der Waals surface area contributed by atoms with Gasteiger partial charge in [-0.25, -0.2) is 4.98 Å². The molecule has 0 spiro atoms. The molecule has 2 atom stereocenters. The molecule has 107 valence electrons. The van der Waals surface area contributed by atoms with E-state index in [0.29, 0.717) is 6.61 Å². The number of rotatable bonds is 5. The van der Waals surface area contributed by atoms with Crippen molar-refractivity contribution in [3.8, 4) is 0 Å². The Kier molecular flexibility index (Phi) is 4.53. The predicted octanol–water partition coefficient (Wildman–Crippen LogP) is 2.03. The van der Waals surface area contributed by atoms with Gasteiger partial charge in [-0.15, -0.1) is 0 Å². The number of hydrogen-bond donors (Lipinski definition) is 3. The van der Waals surface area contributed by atoms with Gasteiger partial charge >= 0.3 is 0 Å². The van der Waals surface area contributed by atoms with Crippen LogP contribution >= 0.6 is 0 Å². The van der Waals surface area contributed by atoms with Gasteiger partial charge in [0.15, 0.2) is 5.78 Å². The average Bonchev–Trinajstić information content (AvgIpc) is 2.77. The molecule has 1 radical (unpaired) electrons. The van der Waals surface area contributed by atoms with Gasteiger partial charge in [-0.05, 0) is 5.41 Å². The van der Waals surface area contributed by atoms with Gasteiger partial charge in [-0.3, -0.25) is 4.79 Å². The van der Waals surface area contributed by atoms with Crippen LogP contribution in [-0.2, 0) is 4.79 Å². The number of Topliss-reactive ketones (excluding diaryl/α,β-unsaturated/α-hetero) is 1. The lowest BCUT2D eigenvalue weighted by molar-refractivity contribution is -0.134. The number of carbonyl (C=O) groups is 1. The number of ketones is 1. The Hall–Kier alpha value is -1.20. The minimum Gasteiger partial charge on any atom is -0.385 e. The number of aliphatic hydroxyl groups excluding tert-OH is 2. The minimum atomic E-state index is -1.27. The summed E-state index contributed by atoms with van der Waals surface area (Å²) in [6, 6.07) is 0. The second-order valence-corrected chi connectivity index (χ2v) is 6.56. The second kappa shape index (κ2) is 5.43. The summed E-state index contributed by atoms with van der Waals surface area (Å²) >= 11 is 0. The molecule has 0 aliphatic rings. The van der Waals surface area contributed by atoms with E-state index in [2.05, 4.69) is 9.97 Å². The highest BCUT2D eigenvalue weighted by Gasteiger charge is 2.46. The van der Waals surface area contributed by atoms with E-state index < -0.39 is 17.3 Å². The fourth-order valence-corrected chi connectivity index (χ4v) is 3.00. The van der Waals surface area contributed by atoms with Crippen LogP contribution in [0.25, 0.3) is 0 Å². The zero-order chi connectivity index (χ0) is 14.8. The number of nitrogens with one attached hydrogen (secondary N) is 1. The lowest BCUT2D eigenvalue weighted by Gasteiger charge is -2.44. The van der Waals surface area contributed by atoms with Crippen molar-refractivity contribution >= 4 is 5.78 Å². The largest absolute Gasteiger partial charge is 0.385 e. The maximum absolute atomic E-state index is 11.6. The zero-order valence-electron chi connectivity index (χ0n) is 12.1. The Balaban J connectivity index is 3.21. The first kappa shape index (κ1) is 15.9. The highest BCUT2D eigenvalue weighted by Crippen LogP contribution is 2.48. The molecule has 0 saturated heterocycles. The molecule has 5 nitrogen and oxygen atoms in total. The lowest BCUT2D eigenvalue weighted by atomic mass is 9.61. The van der Waals surface area contributed by atoms with Crippen molar-refractivity contribution in [3.63, 3.8) is 0 Å². The van der Waals surface area contributed by atoms with Gasteiger partial charge in [0.2, 0.25) is 0 Å². The summed E-state index contributed by atoms with van der Waals surface area (Å²) in [7, 11) is 0. The van der Waals surface area contributed by atoms with Crippen LogP contribution in [0, 0.1) is 17.4 Å². The monoisotopic (exact) mass is 267 g/mol. The van der Waals surface area contributed by atoms with E-state index in [1.165, 1.54) is 0 Å². The third kappa shape index (κ3) is 3.22. The first-order chi connectivity index (χ1) is 8.62. The van der Waals surface area contributed by atoms with Crippen LogP contribution in [0.5, 0.6) is 0 Å². The van der Waals surface area contributed by atoms with Crippen LogP contribution < -0.4 is 0 Å². The van der Waals surface area contributed by atoms with Crippen LogP contribution in [0.2, 0.25) is 0 Å². The first-order valence-corrected chi connectivity index (χ1v) is 6.30. The number of aliphatic hydroxyl groups is 2. The van der Waals surface area contributed by atoms with Gasteiger partial charge < -0.3 is 15.2 Å². The van der Waals surface area contributed by atoms with Crippen LogP contribution in [0.3, 0.4) is 0 Å². The Bertz CT molecular complexity index is 418. The van der Waals surface area contributed by atoms with Gasteiger partial charge in [-0.1, -0.05) is 34.6 Å². The van der Waals surface area contributed by atoms with E-state index in [1.54, 1.807) is 12.5 Å². The number of aromatic nitrogens is 2. The smallest absolute Gasteiger partial charge is 0.193 e. The number of carbonyl (C=O) groups excluding carboxylic acids is 1. The molecule has 0 saturated carbocycles. The Morgan fingerprint density at radius 2 is 1.95 bits per heavy atom. The van der Waals surface area contributed by atoms with E-state index in [-0.39, 0.29) is 11.3 Å². The molecular formula is C14H23N2O3. The topological polar surface area (TPSA) is 86.2 Å². The van der Waals surface area contributed by atoms with Gasteiger partial charge in [0.25, 0.3) is 0 Å². The molecule has 5 heteroatoms. The molecule has 0 aliphatic carbocycles. The SMILES string of the molecule is CC(C)(C)C(c1cnc[nH]1)C(C)(C)C(O)C(=O)[CH]O. The molecule has 2 unspecified atom stereocenters. The number of nitrogens with zero attached hydrogens (tertiary/aromatic N) is 1. The van der Waals surface area contributed by atoms with Crippen molar-refractivity contribution in [1.82, 2.24) is 9.97 Å². The first-order valence-electron chi connectivity index (χ1n) is 6.30. The molecule has 1 heterocycles. The van der Waals surface area contributed by atoms with Crippen molar-refractivity contribution in [1.29, 1.82) is 0 Å². The molecule has 0 aromatic carbocycles. The van der Waals surface area contributed by atoms with E-state index in [4.69, 9.17) is 5.11 Å². The number of imidazole rings is 1. The summed E-state index contributed by atoms with van der Waals surface area (Å²) in [5.41, 5.74) is -0.0734. The molecule has 3 N–H and O–H groups in total. The van der Waals surface area contributed by atoms with E-state index in [0.717, 1.165) is 5.69 Å². The molecule has 1 aromatic rings. The fraction of sp³-hybridized carbons (Fsp3) is 0.643. The minimum absolute atomic E-state index is 0.124. The summed E-state index contributed by atoms with van der Waals surface area (Å²) < 4.78 is 0. The summed E-state index contributed by atoms with van der Waals surface area (Å²) in [6.45, 7) is 10.2. The molecule has 1 rings (SSSR count). The third-order valence-corrected chi connectivity index (χ3v) is 3.54. The van der Waals surface area contributed by atoms with Crippen molar-refractivity contribution in [3.05, 3.63) is 24.8 Å². The maximum atomic E-state index is 11.6. The summed E-state index contributed by atoms with van der Waals surface area (Å²) in [6.07, 6.45) is 2.01. The Morgan fingerprint density at radius 1 is 1.37 bits per heavy atom. The van der Waals surface area contributed by atoms with Crippen LogP contribution in [-0.4, -0.2) is 32.1 Å². The zero-order valence-corrected chi connectivity index (χ0v) is 12.1. The molecule has 0 bridgehead atoms. The van der Waals surface area contributed by atoms with Gasteiger partial charge in [-0.2, -0.15) is 0 Å². The summed E-state index contributed by atoms with van der Waals surface area (Å²) in [5, 5.41) is 19.0. The average molecular weight is 267 g/mol. The molecule has 19 heavy (non-hydrogen) atoms. The summed E-state index contributed by atoms with van der Waals surface area (Å²) in [5.74, 6) is -0.805. The normalized spacial score (nSPS) is 16.2. The molecule has 0 amide bonds. The van der Waals surface area contributed by atoms with Crippen molar-refractivity contribution in [2.24, 2.45) is 10.8 Å². The van der Waals surface area contributed by atoms with Crippen molar-refractivity contribution in [2.75, 3.05) is 0 Å². The summed E-state index contributed by atoms with van der Waals surface area (Å²) in [4.78, 5) is 18.6. The van der Waals surface area contributed by atoms with Crippen LogP contribution in [0.15, 0.2) is 12.5 Å². The second-order valence-electron chi connectivity index (χ2n) is 6.56. The van der Waals surface area contributed by atoms with Crippen molar-refractivity contribution < 1.29 is 15.0 Å². The molecule has 1 aromatic heterocycles. The molecule has 0 fully saturated rings. The number of H-pyrrole nitrogens is 1. The lowest BCUT2D eigenvalue weighted by Crippen LogP contribution is -2.45. The fourth-order valence-electron chi connectivity index (χ4n) is 3.00. The maximum Gasteiger partial charge on any atom is 0.193 e. The van der Waals surface area contributed by atoms with Gasteiger partial charge in [0.1, 0.15) is 12.7 Å². The number of aromatic amines is 1. The van der Waals surface area contributed by atoms with E-state index in [9.17, 15) is 9.90 Å². The number of hydrogen-bond acceptors (Lipinski definition) is 4. The Morgan fingerprint density at radius 3 is 2.32 bits per heavy atom. The van der Waals surface area contributed by atoms with Gasteiger partial charge in [0, 0.05) is 23.2 Å². The third-order valence-electron chi connectivity index (χ3n) is 3.54. The van der Waals surface area contributed by atoms with E-state index >= 15 is 0 Å². The quantitative estimate of drug-likeness (QED) is 0.762. The predicted molar refractivity (Wildman–Crippen MR) is 71.8 cm³/mol. The molecular weight excluding hydrogens is 244 g/mol. The molecule has 0 aliphatic heterocycles. The Labute approximate surface area is 114 Å². The van der Waals surface area contributed by atoms with Crippen molar-refractivity contribution in [2.45, 2.75) is 46.6 Å². The van der Waals surface area contributed by atoms with Crippen LogP contribution in [0.1, 0.15) is 46.2 Å². The van der Waals surface area contributed by atoms with Crippen LogP contribution in [0.4, 0.5) is 0 Å². The van der Waals surface area contributed by atoms with E-state index in [1.807, 2.05) is 34.6 Å². The van der Waals surface area contributed by atoms with Gasteiger partial charge in [0.05, 0.1) is 6.33 Å².